The van der Waals surface area contributed by atoms with Gasteiger partial charge in [0, 0.05) is 24.3 Å². The quantitative estimate of drug-likeness (QED) is 0.0255. The molecule has 12 heteroatoms. The van der Waals surface area contributed by atoms with Crippen molar-refractivity contribution in [2.45, 2.75) is 176 Å². The van der Waals surface area contributed by atoms with Crippen LogP contribution in [0.3, 0.4) is 0 Å². The first-order valence-corrected chi connectivity index (χ1v) is 24.7. The molecule has 0 aliphatic rings. The van der Waals surface area contributed by atoms with Crippen LogP contribution in [0.1, 0.15) is 176 Å². The van der Waals surface area contributed by atoms with Crippen molar-refractivity contribution >= 4 is 45.6 Å². The van der Waals surface area contributed by atoms with Crippen LogP contribution in [0.25, 0.3) is 0 Å². The maximum atomic E-state index is 13.2. The molecular weight excluding hydrogens is 737 g/mol. The summed E-state index contributed by atoms with van der Waals surface area (Å²) in [6.45, 7) is 14.7. The van der Waals surface area contributed by atoms with Gasteiger partial charge in [-0.1, -0.05) is 159 Å². The minimum absolute atomic E-state index is 0.0647. The number of unbranched alkanes of at least 4 members (excludes halogenated alkanes) is 14. The molecule has 0 heterocycles. The Morgan fingerprint density at radius 1 is 0.473 bits per heavy atom. The second kappa shape index (κ2) is 40.5. The molecule has 0 aliphatic carbocycles. The van der Waals surface area contributed by atoms with Crippen molar-refractivity contribution in [1.82, 2.24) is 9.80 Å². The molecule has 55 heavy (non-hydrogen) atoms. The van der Waals surface area contributed by atoms with Crippen molar-refractivity contribution in [2.24, 2.45) is 5.92 Å². The van der Waals surface area contributed by atoms with E-state index in [0.29, 0.717) is 31.0 Å². The Labute approximate surface area is 344 Å². The topological polar surface area (TPSA) is 112 Å². The van der Waals surface area contributed by atoms with E-state index in [2.05, 4.69) is 39.5 Å². The Morgan fingerprint density at radius 2 is 0.909 bits per heavy atom. The largest absolute Gasteiger partial charge is 0.465 e. The predicted molar refractivity (Wildman–Crippen MR) is 231 cm³/mol. The Balaban J connectivity index is 4.82. The van der Waals surface area contributed by atoms with Crippen LogP contribution in [0.5, 0.6) is 0 Å². The van der Waals surface area contributed by atoms with Crippen LogP contribution >= 0.6 is 21.6 Å². The van der Waals surface area contributed by atoms with Crippen molar-refractivity contribution < 1.29 is 38.1 Å². The number of ether oxygens (including phenoxy) is 4. The highest BCUT2D eigenvalue weighted by molar-refractivity contribution is 8.76. The van der Waals surface area contributed by atoms with Crippen LogP contribution in [0.15, 0.2) is 0 Å². The molecule has 0 aromatic carbocycles. The van der Waals surface area contributed by atoms with Gasteiger partial charge in [0.05, 0.1) is 19.0 Å². The van der Waals surface area contributed by atoms with Gasteiger partial charge in [-0.25, -0.2) is 4.79 Å². The molecule has 0 aliphatic heterocycles. The van der Waals surface area contributed by atoms with Crippen LogP contribution < -0.4 is 0 Å². The lowest BCUT2D eigenvalue weighted by atomic mass is 9.94. The lowest BCUT2D eigenvalue weighted by molar-refractivity contribution is -0.149. The second-order valence-electron chi connectivity index (χ2n) is 14.5. The molecule has 0 bridgehead atoms. The molecule has 0 saturated heterocycles. The Kier molecular flexibility index (Phi) is 39.3. The fourth-order valence-electron chi connectivity index (χ4n) is 6.23. The Morgan fingerprint density at radius 3 is 1.45 bits per heavy atom. The third kappa shape index (κ3) is 34.1. The van der Waals surface area contributed by atoms with E-state index < -0.39 is 6.09 Å². The highest BCUT2D eigenvalue weighted by atomic mass is 33.1. The number of amides is 1. The summed E-state index contributed by atoms with van der Waals surface area (Å²) < 4.78 is 22.2. The van der Waals surface area contributed by atoms with Gasteiger partial charge in [0.25, 0.3) is 0 Å². The number of esters is 3. The zero-order valence-corrected chi connectivity index (χ0v) is 37.5. The van der Waals surface area contributed by atoms with E-state index in [-0.39, 0.29) is 56.7 Å². The minimum Gasteiger partial charge on any atom is -0.465 e. The average molecular weight is 819 g/mol. The maximum absolute atomic E-state index is 13.2. The summed E-state index contributed by atoms with van der Waals surface area (Å²) in [6, 6.07) is 0. The van der Waals surface area contributed by atoms with Gasteiger partial charge in [0.1, 0.15) is 26.4 Å². The molecule has 0 aromatic heterocycles. The number of carbonyl (C=O) groups excluding carboxylic acids is 4. The fourth-order valence-corrected chi connectivity index (χ4v) is 7.88. The smallest absolute Gasteiger partial charge is 0.410 e. The second-order valence-corrected chi connectivity index (χ2v) is 17.2. The van der Waals surface area contributed by atoms with Gasteiger partial charge in [0.2, 0.25) is 0 Å². The normalized spacial score (nSPS) is 11.7. The molecule has 0 rings (SSSR count). The minimum atomic E-state index is -0.522. The molecule has 1 amide bonds. The SMILES string of the molecule is CCCCCCCCCC(=O)OCCN(CCOC(=O)C(CCCCCC)CCCCCCCC)C(=O)OCCSSCCOC(=O)CCCN(CC)CC. The summed E-state index contributed by atoms with van der Waals surface area (Å²) in [6.07, 6.45) is 22.2. The molecule has 324 valence electrons. The molecule has 1 unspecified atom stereocenters. The van der Waals surface area contributed by atoms with Crippen LogP contribution in [0, 0.1) is 5.92 Å². The Hall–Kier alpha value is -1.66. The van der Waals surface area contributed by atoms with Gasteiger partial charge in [-0.3, -0.25) is 14.4 Å². The summed E-state index contributed by atoms with van der Waals surface area (Å²) in [5, 5.41) is 0. The van der Waals surface area contributed by atoms with Crippen molar-refractivity contribution in [1.29, 1.82) is 0 Å². The van der Waals surface area contributed by atoms with Crippen molar-refractivity contribution in [2.75, 3.05) is 70.7 Å². The molecule has 0 fully saturated rings. The Bertz CT molecular complexity index is 925. The van der Waals surface area contributed by atoms with Crippen molar-refractivity contribution in [3.8, 4) is 0 Å². The first-order chi connectivity index (χ1) is 26.8. The van der Waals surface area contributed by atoms with Crippen molar-refractivity contribution in [3.05, 3.63) is 0 Å². The number of hydrogen-bond donors (Lipinski definition) is 0. The third-order valence-electron chi connectivity index (χ3n) is 9.77. The molecule has 0 spiro atoms. The maximum Gasteiger partial charge on any atom is 0.410 e. The summed E-state index contributed by atoms with van der Waals surface area (Å²) in [7, 11) is 3.12. The van der Waals surface area contributed by atoms with Gasteiger partial charge in [-0.05, 0) is 45.3 Å². The lowest BCUT2D eigenvalue weighted by Crippen LogP contribution is -2.38. The number of carbonyl (C=O) groups is 4. The van der Waals surface area contributed by atoms with Crippen LogP contribution in [0.4, 0.5) is 4.79 Å². The number of rotatable bonds is 40. The third-order valence-corrected chi connectivity index (χ3v) is 12.1. The fraction of sp³-hybridized carbons (Fsp3) is 0.907. The molecule has 1 atom stereocenters. The van der Waals surface area contributed by atoms with Gasteiger partial charge >= 0.3 is 24.0 Å². The van der Waals surface area contributed by atoms with Crippen LogP contribution in [0.2, 0.25) is 0 Å². The van der Waals surface area contributed by atoms with Gasteiger partial charge in [-0.2, -0.15) is 0 Å². The highest BCUT2D eigenvalue weighted by Gasteiger charge is 2.21. The van der Waals surface area contributed by atoms with Crippen molar-refractivity contribution in [3.63, 3.8) is 0 Å². The summed E-state index contributed by atoms with van der Waals surface area (Å²) in [5.74, 6) is 0.502. The summed E-state index contributed by atoms with van der Waals surface area (Å²) in [4.78, 5) is 54.5. The lowest BCUT2D eigenvalue weighted by Gasteiger charge is -2.23. The van der Waals surface area contributed by atoms with E-state index in [0.717, 1.165) is 90.3 Å². The highest BCUT2D eigenvalue weighted by Crippen LogP contribution is 2.22. The summed E-state index contributed by atoms with van der Waals surface area (Å²) in [5.41, 5.74) is 0. The van der Waals surface area contributed by atoms with Crippen LogP contribution in [-0.4, -0.2) is 104 Å². The molecule has 0 N–H and O–H groups in total. The van der Waals surface area contributed by atoms with E-state index in [9.17, 15) is 19.2 Å². The van der Waals surface area contributed by atoms with E-state index in [1.807, 2.05) is 0 Å². The van der Waals surface area contributed by atoms with E-state index in [4.69, 9.17) is 18.9 Å². The standard InChI is InChI=1S/C43H82N2O8S2/c1-6-11-14-17-19-21-24-28-40(46)50-33-31-45(32-34-52-42(48)39(26-22-16-13-8-3)27-23-20-18-15-12-7-2)43(49)53-36-38-55-54-37-35-51-41(47)29-25-30-44(9-4)10-5/h39H,6-38H2,1-5H3. The first-order valence-electron chi connectivity index (χ1n) is 22.2. The van der Waals surface area contributed by atoms with E-state index in [1.54, 1.807) is 21.6 Å². The number of nitrogens with zero attached hydrogens (tertiary/aromatic N) is 2. The summed E-state index contributed by atoms with van der Waals surface area (Å²) >= 11 is 0. The van der Waals surface area contributed by atoms with E-state index in [1.165, 1.54) is 62.7 Å². The predicted octanol–water partition coefficient (Wildman–Crippen LogP) is 11.0. The van der Waals surface area contributed by atoms with Gasteiger partial charge in [0.15, 0.2) is 0 Å². The zero-order chi connectivity index (χ0) is 40.6. The molecular formula is C43H82N2O8S2. The molecule has 0 saturated carbocycles. The molecule has 0 aromatic rings. The number of hydrogen-bond acceptors (Lipinski definition) is 11. The van der Waals surface area contributed by atoms with E-state index >= 15 is 0 Å². The monoisotopic (exact) mass is 819 g/mol. The van der Waals surface area contributed by atoms with Crippen LogP contribution in [-0.2, 0) is 33.3 Å². The molecule has 10 nitrogen and oxygen atoms in total. The van der Waals surface area contributed by atoms with Gasteiger partial charge in [-0.15, -0.1) is 0 Å². The van der Waals surface area contributed by atoms with Gasteiger partial charge < -0.3 is 28.7 Å². The first kappa shape index (κ1) is 53.3. The zero-order valence-electron chi connectivity index (χ0n) is 35.9. The average Bonchev–Trinajstić information content (AvgIpc) is 3.18. The molecule has 0 radical (unpaired) electrons.